The summed E-state index contributed by atoms with van der Waals surface area (Å²) in [5, 5.41) is 0. The molecule has 0 aromatic carbocycles. The summed E-state index contributed by atoms with van der Waals surface area (Å²) in [6.07, 6.45) is 0.555. The van der Waals surface area contributed by atoms with Gasteiger partial charge in [-0.05, 0) is 41.2 Å². The van der Waals surface area contributed by atoms with E-state index in [-0.39, 0.29) is 18.6 Å². The molecule has 0 saturated carbocycles. The van der Waals surface area contributed by atoms with E-state index in [0.29, 0.717) is 6.42 Å². The Morgan fingerprint density at radius 2 is 1.81 bits per heavy atom. The zero-order chi connectivity index (χ0) is 12.5. The normalized spacial score (nSPS) is 27.0. The van der Waals surface area contributed by atoms with Gasteiger partial charge in [0.15, 0.2) is 0 Å². The molecule has 16 heavy (non-hydrogen) atoms. The summed E-state index contributed by atoms with van der Waals surface area (Å²) in [6.45, 7) is 8.54. The Morgan fingerprint density at radius 1 is 1.25 bits per heavy atom. The molecule has 1 rings (SSSR count). The van der Waals surface area contributed by atoms with E-state index in [1.807, 2.05) is 32.6 Å². The smallest absolute Gasteiger partial charge is 0.275 e. The number of rotatable bonds is 3. The number of alkyl halides is 2. The Bertz CT molecular complexity index is 229. The van der Waals surface area contributed by atoms with Gasteiger partial charge in [-0.3, -0.25) is 9.80 Å². The van der Waals surface area contributed by atoms with E-state index in [0.717, 1.165) is 6.54 Å². The Balaban J connectivity index is 2.70. The third-order valence-corrected chi connectivity index (χ3v) is 3.63. The molecule has 4 heteroatoms. The van der Waals surface area contributed by atoms with Crippen LogP contribution in [-0.4, -0.2) is 54.0 Å². The number of likely N-dealkylation sites (tertiary alicyclic amines) is 1. The fraction of sp³-hybridized carbons (Fsp3) is 1.00. The Labute approximate surface area is 97.6 Å². The van der Waals surface area contributed by atoms with Crippen molar-refractivity contribution >= 4 is 0 Å². The molecule has 0 radical (unpaired) electrons. The van der Waals surface area contributed by atoms with Gasteiger partial charge in [0.1, 0.15) is 0 Å². The largest absolute Gasteiger partial charge is 0.295 e. The van der Waals surface area contributed by atoms with Crippen molar-refractivity contribution in [1.82, 2.24) is 9.80 Å². The molecule has 2 nitrogen and oxygen atoms in total. The lowest BCUT2D eigenvalue weighted by molar-refractivity contribution is -0.132. The molecule has 1 heterocycles. The molecule has 0 aromatic heterocycles. The molecule has 0 aromatic rings. The molecule has 0 spiro atoms. The Hall–Kier alpha value is -0.220. The van der Waals surface area contributed by atoms with Crippen LogP contribution in [0.25, 0.3) is 0 Å². The van der Waals surface area contributed by atoms with E-state index < -0.39 is 12.0 Å². The summed E-state index contributed by atoms with van der Waals surface area (Å²) in [5.41, 5.74) is 0. The van der Waals surface area contributed by atoms with Crippen molar-refractivity contribution in [2.75, 3.05) is 20.1 Å². The van der Waals surface area contributed by atoms with Crippen molar-refractivity contribution in [3.63, 3.8) is 0 Å². The number of hydrogen-bond acceptors (Lipinski definition) is 2. The average molecular weight is 234 g/mol. The average Bonchev–Trinajstić information content (AvgIpc) is 2.14. The summed E-state index contributed by atoms with van der Waals surface area (Å²) < 4.78 is 28.0. The minimum atomic E-state index is -2.60. The van der Waals surface area contributed by atoms with Crippen LogP contribution in [0.4, 0.5) is 8.78 Å². The standard InChI is InChI=1S/C12H24F2N2/c1-9(2)15(5)11-6-7-16(10(3)4)8-12(11,13)14/h9-11H,6-8H2,1-5H3/t11-/m0/s1. The van der Waals surface area contributed by atoms with Crippen LogP contribution in [0.15, 0.2) is 0 Å². The first-order chi connectivity index (χ1) is 7.25. The van der Waals surface area contributed by atoms with Crippen molar-refractivity contribution in [2.24, 2.45) is 0 Å². The van der Waals surface area contributed by atoms with Gasteiger partial charge in [0, 0.05) is 18.6 Å². The van der Waals surface area contributed by atoms with Crippen LogP contribution in [-0.2, 0) is 0 Å². The topological polar surface area (TPSA) is 6.48 Å². The lowest BCUT2D eigenvalue weighted by Gasteiger charge is -2.44. The highest BCUT2D eigenvalue weighted by Crippen LogP contribution is 2.32. The lowest BCUT2D eigenvalue weighted by Crippen LogP contribution is -2.59. The molecule has 1 fully saturated rings. The van der Waals surface area contributed by atoms with E-state index >= 15 is 0 Å². The first kappa shape index (κ1) is 13.8. The van der Waals surface area contributed by atoms with Gasteiger partial charge in [0.05, 0.1) is 12.6 Å². The summed E-state index contributed by atoms with van der Waals surface area (Å²) in [7, 11) is 1.80. The predicted octanol–water partition coefficient (Wildman–Crippen LogP) is 2.44. The van der Waals surface area contributed by atoms with Crippen molar-refractivity contribution in [3.05, 3.63) is 0 Å². The second-order valence-corrected chi connectivity index (χ2v) is 5.39. The highest BCUT2D eigenvalue weighted by atomic mass is 19.3. The van der Waals surface area contributed by atoms with Crippen molar-refractivity contribution < 1.29 is 8.78 Å². The molecule has 96 valence electrons. The molecule has 1 saturated heterocycles. The number of piperidine rings is 1. The summed E-state index contributed by atoms with van der Waals surface area (Å²) in [4.78, 5) is 3.67. The van der Waals surface area contributed by atoms with Crippen LogP contribution in [0.5, 0.6) is 0 Å². The van der Waals surface area contributed by atoms with E-state index in [4.69, 9.17) is 0 Å². The maximum absolute atomic E-state index is 14.0. The third kappa shape index (κ3) is 2.92. The molecular weight excluding hydrogens is 210 g/mol. The van der Waals surface area contributed by atoms with Gasteiger partial charge in [0.25, 0.3) is 5.92 Å². The van der Waals surface area contributed by atoms with E-state index in [9.17, 15) is 8.78 Å². The van der Waals surface area contributed by atoms with Crippen molar-refractivity contribution in [1.29, 1.82) is 0 Å². The molecular formula is C12H24F2N2. The summed E-state index contributed by atoms with van der Waals surface area (Å²) in [6, 6.07) is -0.236. The van der Waals surface area contributed by atoms with Crippen molar-refractivity contribution in [3.8, 4) is 0 Å². The van der Waals surface area contributed by atoms with Gasteiger partial charge in [0.2, 0.25) is 0 Å². The molecule has 0 aliphatic carbocycles. The molecule has 0 bridgehead atoms. The number of hydrogen-bond donors (Lipinski definition) is 0. The van der Waals surface area contributed by atoms with Gasteiger partial charge in [-0.15, -0.1) is 0 Å². The minimum Gasteiger partial charge on any atom is -0.295 e. The van der Waals surface area contributed by atoms with Gasteiger partial charge in [-0.25, -0.2) is 8.78 Å². The van der Waals surface area contributed by atoms with Crippen LogP contribution >= 0.6 is 0 Å². The second kappa shape index (κ2) is 4.96. The van der Waals surface area contributed by atoms with Crippen LogP contribution in [0.3, 0.4) is 0 Å². The SMILES string of the molecule is CC(C)N1CC[C@H](N(C)C(C)C)C(F)(F)C1. The van der Waals surface area contributed by atoms with E-state index in [1.165, 1.54) is 0 Å². The molecule has 1 atom stereocenters. The molecule has 0 unspecified atom stereocenters. The summed E-state index contributed by atoms with van der Waals surface area (Å²) in [5.74, 6) is -2.60. The second-order valence-electron chi connectivity index (χ2n) is 5.39. The third-order valence-electron chi connectivity index (χ3n) is 3.63. The van der Waals surface area contributed by atoms with Crippen molar-refractivity contribution in [2.45, 2.75) is 58.2 Å². The lowest BCUT2D eigenvalue weighted by atomic mass is 9.97. The molecule has 1 aliphatic rings. The van der Waals surface area contributed by atoms with Crippen LogP contribution in [0.1, 0.15) is 34.1 Å². The minimum absolute atomic E-state index is 0.105. The molecule has 0 amide bonds. The maximum Gasteiger partial charge on any atom is 0.275 e. The van der Waals surface area contributed by atoms with Gasteiger partial charge in [-0.1, -0.05) is 0 Å². The number of halogens is 2. The Morgan fingerprint density at radius 3 is 2.19 bits per heavy atom. The molecule has 0 N–H and O–H groups in total. The molecule has 1 aliphatic heterocycles. The van der Waals surface area contributed by atoms with E-state index in [2.05, 4.69) is 0 Å². The zero-order valence-corrected chi connectivity index (χ0v) is 11.0. The summed E-state index contributed by atoms with van der Waals surface area (Å²) >= 11 is 0. The van der Waals surface area contributed by atoms with Gasteiger partial charge >= 0.3 is 0 Å². The van der Waals surface area contributed by atoms with E-state index in [1.54, 1.807) is 11.9 Å². The first-order valence-electron chi connectivity index (χ1n) is 6.09. The van der Waals surface area contributed by atoms with Gasteiger partial charge in [-0.2, -0.15) is 0 Å². The highest BCUT2D eigenvalue weighted by Gasteiger charge is 2.47. The fourth-order valence-corrected chi connectivity index (χ4v) is 2.26. The predicted molar refractivity (Wildman–Crippen MR) is 63.0 cm³/mol. The number of nitrogens with zero attached hydrogens (tertiary/aromatic N) is 2. The first-order valence-corrected chi connectivity index (χ1v) is 6.09. The van der Waals surface area contributed by atoms with Gasteiger partial charge < -0.3 is 0 Å². The van der Waals surface area contributed by atoms with Crippen LogP contribution in [0, 0.1) is 0 Å². The monoisotopic (exact) mass is 234 g/mol. The fourth-order valence-electron chi connectivity index (χ4n) is 2.26. The highest BCUT2D eigenvalue weighted by molar-refractivity contribution is 4.93. The zero-order valence-electron chi connectivity index (χ0n) is 11.0. The van der Waals surface area contributed by atoms with Crippen LogP contribution < -0.4 is 0 Å². The quantitative estimate of drug-likeness (QED) is 0.740. The van der Waals surface area contributed by atoms with Crippen LogP contribution in [0.2, 0.25) is 0 Å². The Kier molecular flexibility index (Phi) is 4.29. The maximum atomic E-state index is 14.0.